The van der Waals surface area contributed by atoms with Crippen LogP contribution in [0.5, 0.6) is 0 Å². The van der Waals surface area contributed by atoms with Gasteiger partial charge in [0.25, 0.3) is 0 Å². The van der Waals surface area contributed by atoms with Crippen LogP contribution in [0.15, 0.2) is 11.3 Å². The predicted octanol–water partition coefficient (Wildman–Crippen LogP) is 7.04. The van der Waals surface area contributed by atoms with Gasteiger partial charge in [0.15, 0.2) is 0 Å². The molecule has 3 nitrogen and oxygen atoms in total. The Kier molecular flexibility index (Phi) is 18.1. The fourth-order valence-corrected chi connectivity index (χ4v) is 3.38. The second-order valence-corrected chi connectivity index (χ2v) is 7.42. The quantitative estimate of drug-likeness (QED) is 0.160. The molecule has 0 aromatic rings. The van der Waals surface area contributed by atoms with Gasteiger partial charge in [-0.05, 0) is 26.2 Å². The van der Waals surface area contributed by atoms with Gasteiger partial charge in [0.1, 0.15) is 0 Å². The van der Waals surface area contributed by atoms with E-state index in [0.717, 1.165) is 18.5 Å². The molecule has 0 aliphatic rings. The highest BCUT2D eigenvalue weighted by molar-refractivity contribution is 5.89. The SMILES string of the molecule is CCCCCCCCCCCCCCCCC(N)=C(CC)C(=O)OCC. The topological polar surface area (TPSA) is 52.3 Å². The molecule has 0 radical (unpaired) electrons. The second kappa shape index (κ2) is 18.8. The van der Waals surface area contributed by atoms with E-state index in [0.29, 0.717) is 18.6 Å². The Labute approximate surface area is 163 Å². The number of esters is 1. The zero-order valence-corrected chi connectivity index (χ0v) is 17.9. The summed E-state index contributed by atoms with van der Waals surface area (Å²) in [5.41, 5.74) is 7.48. The number of carbonyl (C=O) groups excluding carboxylic acids is 1. The number of allylic oxidation sites excluding steroid dienone is 1. The highest BCUT2D eigenvalue weighted by Gasteiger charge is 2.12. The minimum Gasteiger partial charge on any atom is -0.463 e. The van der Waals surface area contributed by atoms with Gasteiger partial charge in [-0.15, -0.1) is 0 Å². The van der Waals surface area contributed by atoms with Crippen LogP contribution in [0.3, 0.4) is 0 Å². The first-order valence-electron chi connectivity index (χ1n) is 11.3. The molecule has 0 bridgehead atoms. The number of hydrogen-bond acceptors (Lipinski definition) is 3. The molecule has 0 saturated carbocycles. The first-order chi connectivity index (χ1) is 12.7. The zero-order valence-electron chi connectivity index (χ0n) is 17.9. The first-order valence-corrected chi connectivity index (χ1v) is 11.3. The molecule has 0 aromatic heterocycles. The lowest BCUT2D eigenvalue weighted by Crippen LogP contribution is -2.13. The summed E-state index contributed by atoms with van der Waals surface area (Å²) in [6, 6.07) is 0. The maximum Gasteiger partial charge on any atom is 0.335 e. The van der Waals surface area contributed by atoms with Crippen LogP contribution in [0.1, 0.15) is 124 Å². The number of ether oxygens (including phenoxy) is 1. The van der Waals surface area contributed by atoms with Crippen LogP contribution >= 0.6 is 0 Å². The minimum atomic E-state index is -0.238. The lowest BCUT2D eigenvalue weighted by molar-refractivity contribution is -0.138. The molecular weight excluding hydrogens is 322 g/mol. The van der Waals surface area contributed by atoms with E-state index in [1.54, 1.807) is 0 Å². The number of nitrogens with two attached hydrogens (primary N) is 1. The minimum absolute atomic E-state index is 0.238. The van der Waals surface area contributed by atoms with Gasteiger partial charge in [-0.3, -0.25) is 0 Å². The van der Waals surface area contributed by atoms with Crippen molar-refractivity contribution in [2.45, 2.75) is 124 Å². The van der Waals surface area contributed by atoms with Crippen LogP contribution < -0.4 is 5.73 Å². The number of rotatable bonds is 18. The highest BCUT2D eigenvalue weighted by Crippen LogP contribution is 2.16. The van der Waals surface area contributed by atoms with E-state index >= 15 is 0 Å². The summed E-state index contributed by atoms with van der Waals surface area (Å²) in [7, 11) is 0. The van der Waals surface area contributed by atoms with Crippen LogP contribution in [0.2, 0.25) is 0 Å². The Morgan fingerprint density at radius 2 is 1.12 bits per heavy atom. The van der Waals surface area contributed by atoms with Gasteiger partial charge in [-0.25, -0.2) is 4.79 Å². The van der Waals surface area contributed by atoms with Crippen molar-refractivity contribution < 1.29 is 9.53 Å². The van der Waals surface area contributed by atoms with Crippen molar-refractivity contribution >= 4 is 5.97 Å². The van der Waals surface area contributed by atoms with Gasteiger partial charge < -0.3 is 10.5 Å². The molecule has 0 spiro atoms. The molecule has 0 atom stereocenters. The van der Waals surface area contributed by atoms with Gasteiger partial charge in [0, 0.05) is 5.70 Å². The Morgan fingerprint density at radius 1 is 0.692 bits per heavy atom. The molecule has 2 N–H and O–H groups in total. The van der Waals surface area contributed by atoms with E-state index in [2.05, 4.69) is 6.92 Å². The third-order valence-corrected chi connectivity index (χ3v) is 5.06. The van der Waals surface area contributed by atoms with Gasteiger partial charge in [-0.1, -0.05) is 97.3 Å². The Balaban J connectivity index is 3.51. The fourth-order valence-electron chi connectivity index (χ4n) is 3.38. The number of carbonyl (C=O) groups is 1. The van der Waals surface area contributed by atoms with Crippen molar-refractivity contribution in [3.63, 3.8) is 0 Å². The summed E-state index contributed by atoms with van der Waals surface area (Å²) in [6.45, 7) is 6.48. The molecule has 3 heteroatoms. The monoisotopic (exact) mass is 367 g/mol. The van der Waals surface area contributed by atoms with E-state index in [1.807, 2.05) is 13.8 Å². The molecule has 0 saturated heterocycles. The van der Waals surface area contributed by atoms with Crippen LogP contribution in [0.25, 0.3) is 0 Å². The largest absolute Gasteiger partial charge is 0.463 e. The first kappa shape index (κ1) is 25.0. The maximum absolute atomic E-state index is 11.8. The van der Waals surface area contributed by atoms with Crippen molar-refractivity contribution in [3.8, 4) is 0 Å². The smallest absolute Gasteiger partial charge is 0.335 e. The number of unbranched alkanes of at least 4 members (excludes halogenated alkanes) is 13. The molecule has 0 aliphatic heterocycles. The molecular formula is C23H45NO2. The lowest BCUT2D eigenvalue weighted by Gasteiger charge is -2.09. The third-order valence-electron chi connectivity index (χ3n) is 5.06. The van der Waals surface area contributed by atoms with Crippen molar-refractivity contribution in [3.05, 3.63) is 11.3 Å². The van der Waals surface area contributed by atoms with Crippen LogP contribution in [0, 0.1) is 0 Å². The van der Waals surface area contributed by atoms with Crippen LogP contribution in [-0.4, -0.2) is 12.6 Å². The number of hydrogen-bond donors (Lipinski definition) is 1. The predicted molar refractivity (Wildman–Crippen MR) is 113 cm³/mol. The average molecular weight is 368 g/mol. The van der Waals surface area contributed by atoms with E-state index in [1.165, 1.54) is 83.5 Å². The Hall–Kier alpha value is -0.990. The molecule has 26 heavy (non-hydrogen) atoms. The van der Waals surface area contributed by atoms with Gasteiger partial charge in [0.05, 0.1) is 12.2 Å². The van der Waals surface area contributed by atoms with E-state index < -0.39 is 0 Å². The zero-order chi connectivity index (χ0) is 19.5. The molecule has 0 rings (SSSR count). The van der Waals surface area contributed by atoms with Crippen molar-refractivity contribution in [1.29, 1.82) is 0 Å². The molecule has 0 aliphatic carbocycles. The van der Waals surface area contributed by atoms with E-state index in [-0.39, 0.29) is 5.97 Å². The van der Waals surface area contributed by atoms with Gasteiger partial charge in [0.2, 0.25) is 0 Å². The fraction of sp³-hybridized carbons (Fsp3) is 0.870. The highest BCUT2D eigenvalue weighted by atomic mass is 16.5. The summed E-state index contributed by atoms with van der Waals surface area (Å²) < 4.78 is 5.06. The van der Waals surface area contributed by atoms with Gasteiger partial charge >= 0.3 is 5.97 Å². The Bertz CT molecular complexity index is 363. The normalized spacial score (nSPS) is 12.1. The summed E-state index contributed by atoms with van der Waals surface area (Å²) in [6.07, 6.45) is 20.4. The van der Waals surface area contributed by atoms with E-state index in [9.17, 15) is 4.79 Å². The second-order valence-electron chi connectivity index (χ2n) is 7.42. The summed E-state index contributed by atoms with van der Waals surface area (Å²) >= 11 is 0. The summed E-state index contributed by atoms with van der Waals surface area (Å²) in [4.78, 5) is 11.8. The maximum atomic E-state index is 11.8. The molecule has 0 heterocycles. The average Bonchev–Trinajstić information content (AvgIpc) is 2.63. The standard InChI is InChI=1S/C23H45NO2/c1-4-7-8-9-10-11-12-13-14-15-16-17-18-19-20-22(24)21(5-2)23(25)26-6-3/h4-20,24H2,1-3H3. The molecule has 0 unspecified atom stereocenters. The van der Waals surface area contributed by atoms with Crippen molar-refractivity contribution in [2.24, 2.45) is 5.73 Å². The Morgan fingerprint density at radius 3 is 1.50 bits per heavy atom. The van der Waals surface area contributed by atoms with Crippen molar-refractivity contribution in [1.82, 2.24) is 0 Å². The van der Waals surface area contributed by atoms with Crippen LogP contribution in [-0.2, 0) is 9.53 Å². The molecule has 0 amide bonds. The summed E-state index contributed by atoms with van der Waals surface area (Å²) in [5.74, 6) is -0.238. The van der Waals surface area contributed by atoms with Gasteiger partial charge in [-0.2, -0.15) is 0 Å². The lowest BCUT2D eigenvalue weighted by atomic mass is 10.0. The van der Waals surface area contributed by atoms with E-state index in [4.69, 9.17) is 10.5 Å². The van der Waals surface area contributed by atoms with Crippen molar-refractivity contribution in [2.75, 3.05) is 6.61 Å². The molecule has 0 aromatic carbocycles. The van der Waals surface area contributed by atoms with Crippen LogP contribution in [0.4, 0.5) is 0 Å². The summed E-state index contributed by atoms with van der Waals surface area (Å²) in [5, 5.41) is 0. The third kappa shape index (κ3) is 14.2. The molecule has 0 fully saturated rings. The molecule has 154 valence electrons.